The first-order chi connectivity index (χ1) is 12.0. The van der Waals surface area contributed by atoms with Crippen LogP contribution in [0.1, 0.15) is 17.2 Å². The first-order valence-corrected chi connectivity index (χ1v) is 8.19. The van der Waals surface area contributed by atoms with E-state index in [-0.39, 0.29) is 5.71 Å². The van der Waals surface area contributed by atoms with Gasteiger partial charge in [-0.2, -0.15) is 5.10 Å². The first-order valence-electron chi connectivity index (χ1n) is 7.38. The van der Waals surface area contributed by atoms with Crippen LogP contribution >= 0.6 is 23.2 Å². The number of carbonyl (C=O) groups excluding carboxylic acids is 2. The molecule has 0 saturated carbocycles. The van der Waals surface area contributed by atoms with Crippen molar-refractivity contribution in [2.24, 2.45) is 5.10 Å². The van der Waals surface area contributed by atoms with Gasteiger partial charge in [-0.05, 0) is 35.9 Å². The third-order valence-electron chi connectivity index (χ3n) is 4.12. The SMILES string of the molecule is O=C1Nc2ccc(Cl)cc2/C1=N/N1C(=O)C(Cl)C1c1ccc(F)cc1. The number of nitrogens with one attached hydrogen (secondary N) is 1. The predicted octanol–water partition coefficient (Wildman–Crippen LogP) is 3.33. The molecule has 5 nitrogen and oxygen atoms in total. The van der Waals surface area contributed by atoms with E-state index in [4.69, 9.17) is 23.2 Å². The van der Waals surface area contributed by atoms with Crippen LogP contribution in [-0.2, 0) is 9.59 Å². The number of rotatable bonds is 2. The maximum atomic E-state index is 13.1. The summed E-state index contributed by atoms with van der Waals surface area (Å²) in [5, 5.41) is 7.65. The van der Waals surface area contributed by atoms with Crippen LogP contribution in [0.15, 0.2) is 47.6 Å². The molecule has 0 bridgehead atoms. The van der Waals surface area contributed by atoms with Gasteiger partial charge in [0.15, 0.2) is 5.71 Å². The van der Waals surface area contributed by atoms with E-state index in [1.165, 1.54) is 24.3 Å². The highest BCUT2D eigenvalue weighted by Crippen LogP contribution is 2.40. The lowest BCUT2D eigenvalue weighted by atomic mass is 9.95. The molecule has 2 atom stereocenters. The second-order valence-corrected chi connectivity index (χ2v) is 6.58. The Morgan fingerprint density at radius 3 is 2.56 bits per heavy atom. The van der Waals surface area contributed by atoms with Crippen LogP contribution in [0.5, 0.6) is 0 Å². The Balaban J connectivity index is 1.73. The second kappa shape index (κ2) is 5.82. The Kier molecular flexibility index (Phi) is 3.74. The van der Waals surface area contributed by atoms with E-state index < -0.39 is 29.1 Å². The largest absolute Gasteiger partial charge is 0.320 e. The van der Waals surface area contributed by atoms with E-state index in [1.54, 1.807) is 18.2 Å². The van der Waals surface area contributed by atoms with E-state index in [1.807, 2.05) is 0 Å². The lowest BCUT2D eigenvalue weighted by Gasteiger charge is -2.40. The number of carbonyl (C=O) groups is 2. The molecule has 0 aliphatic carbocycles. The van der Waals surface area contributed by atoms with Gasteiger partial charge in [-0.1, -0.05) is 23.7 Å². The molecular formula is C17H10Cl2FN3O2. The molecular weight excluding hydrogens is 368 g/mol. The predicted molar refractivity (Wildman–Crippen MR) is 92.2 cm³/mol. The summed E-state index contributed by atoms with van der Waals surface area (Å²) in [6.07, 6.45) is 0. The van der Waals surface area contributed by atoms with Crippen molar-refractivity contribution in [2.45, 2.75) is 11.4 Å². The van der Waals surface area contributed by atoms with Gasteiger partial charge in [0.2, 0.25) is 0 Å². The van der Waals surface area contributed by atoms with Crippen molar-refractivity contribution in [3.8, 4) is 0 Å². The number of anilines is 1. The molecule has 2 aromatic rings. The summed E-state index contributed by atoms with van der Waals surface area (Å²) >= 11 is 12.1. The minimum absolute atomic E-state index is 0.0847. The summed E-state index contributed by atoms with van der Waals surface area (Å²) in [5.41, 5.74) is 1.81. The maximum absolute atomic E-state index is 13.1. The van der Waals surface area contributed by atoms with Gasteiger partial charge in [0.25, 0.3) is 11.8 Å². The van der Waals surface area contributed by atoms with E-state index in [2.05, 4.69) is 10.4 Å². The van der Waals surface area contributed by atoms with Crippen LogP contribution < -0.4 is 5.32 Å². The van der Waals surface area contributed by atoms with Crippen LogP contribution in [0.3, 0.4) is 0 Å². The summed E-state index contributed by atoms with van der Waals surface area (Å²) in [7, 11) is 0. The number of alkyl halides is 1. The molecule has 1 N–H and O–H groups in total. The number of hydrogen-bond acceptors (Lipinski definition) is 3. The highest BCUT2D eigenvalue weighted by molar-refractivity contribution is 6.54. The molecule has 25 heavy (non-hydrogen) atoms. The van der Waals surface area contributed by atoms with E-state index >= 15 is 0 Å². The monoisotopic (exact) mass is 377 g/mol. The number of nitrogens with zero attached hydrogens (tertiary/aromatic N) is 2. The summed E-state index contributed by atoms with van der Waals surface area (Å²) < 4.78 is 13.1. The van der Waals surface area contributed by atoms with Crippen LogP contribution in [0.25, 0.3) is 0 Å². The van der Waals surface area contributed by atoms with Gasteiger partial charge >= 0.3 is 0 Å². The Labute approximate surface area is 152 Å². The van der Waals surface area contributed by atoms with Gasteiger partial charge in [0, 0.05) is 10.6 Å². The number of benzene rings is 2. The first kappa shape index (κ1) is 16.1. The quantitative estimate of drug-likeness (QED) is 0.644. The fourth-order valence-corrected chi connectivity index (χ4v) is 3.38. The van der Waals surface area contributed by atoms with E-state index in [0.717, 1.165) is 5.01 Å². The summed E-state index contributed by atoms with van der Waals surface area (Å²) in [4.78, 5) is 24.3. The number of β-lactam (4-membered cyclic amide) rings is 1. The number of fused-ring (bicyclic) bond motifs is 1. The average Bonchev–Trinajstić information content (AvgIpc) is 2.90. The zero-order valence-electron chi connectivity index (χ0n) is 12.5. The summed E-state index contributed by atoms with van der Waals surface area (Å²) in [6, 6.07) is 9.98. The van der Waals surface area contributed by atoms with Crippen LogP contribution in [0, 0.1) is 5.82 Å². The summed E-state index contributed by atoms with van der Waals surface area (Å²) in [5.74, 6) is -1.25. The Bertz CT molecular complexity index is 930. The van der Waals surface area contributed by atoms with Crippen molar-refractivity contribution in [3.63, 3.8) is 0 Å². The third kappa shape index (κ3) is 2.58. The number of amides is 2. The van der Waals surface area contributed by atoms with Gasteiger partial charge in [-0.15, -0.1) is 11.6 Å². The normalized spacial score (nSPS) is 23.5. The molecule has 2 aromatic carbocycles. The molecule has 2 heterocycles. The molecule has 126 valence electrons. The third-order valence-corrected chi connectivity index (χ3v) is 4.78. The lowest BCUT2D eigenvalue weighted by molar-refractivity contribution is -0.145. The number of halogens is 3. The average molecular weight is 378 g/mol. The van der Waals surface area contributed by atoms with Gasteiger partial charge in [-0.25, -0.2) is 9.40 Å². The van der Waals surface area contributed by atoms with E-state index in [9.17, 15) is 14.0 Å². The molecule has 2 unspecified atom stereocenters. The molecule has 1 saturated heterocycles. The molecule has 4 rings (SSSR count). The van der Waals surface area contributed by atoms with Crippen LogP contribution in [0.2, 0.25) is 5.02 Å². The molecule has 2 amide bonds. The van der Waals surface area contributed by atoms with Gasteiger partial charge in [0.05, 0.1) is 5.69 Å². The maximum Gasteiger partial charge on any atom is 0.276 e. The smallest absolute Gasteiger partial charge is 0.276 e. The second-order valence-electron chi connectivity index (χ2n) is 5.67. The summed E-state index contributed by atoms with van der Waals surface area (Å²) in [6.45, 7) is 0. The zero-order valence-corrected chi connectivity index (χ0v) is 14.1. The van der Waals surface area contributed by atoms with Crippen molar-refractivity contribution in [2.75, 3.05) is 5.32 Å². The number of hydrogen-bond donors (Lipinski definition) is 1. The standard InChI is InChI=1S/C17H10Cl2FN3O2/c18-9-3-6-12-11(7-9)14(16(24)21-12)22-23-15(13(19)17(23)25)8-1-4-10(20)5-2-8/h1-7,13,15H,(H,21,22,24). The van der Waals surface area contributed by atoms with Crippen molar-refractivity contribution in [1.29, 1.82) is 0 Å². The Hall–Kier alpha value is -2.44. The molecule has 0 radical (unpaired) electrons. The van der Waals surface area contributed by atoms with Gasteiger partial charge in [-0.3, -0.25) is 9.59 Å². The van der Waals surface area contributed by atoms with Gasteiger partial charge < -0.3 is 5.32 Å². The fourth-order valence-electron chi connectivity index (χ4n) is 2.85. The molecule has 0 aromatic heterocycles. The molecule has 2 aliphatic heterocycles. The topological polar surface area (TPSA) is 61.8 Å². The van der Waals surface area contributed by atoms with Crippen molar-refractivity contribution < 1.29 is 14.0 Å². The minimum Gasteiger partial charge on any atom is -0.320 e. The van der Waals surface area contributed by atoms with Gasteiger partial charge in [0.1, 0.15) is 17.2 Å². The molecule has 2 aliphatic rings. The molecule has 1 fully saturated rings. The highest BCUT2D eigenvalue weighted by atomic mass is 35.5. The molecule has 0 spiro atoms. The number of hydrazone groups is 1. The zero-order chi connectivity index (χ0) is 17.7. The van der Waals surface area contributed by atoms with Crippen molar-refractivity contribution in [3.05, 3.63) is 64.4 Å². The highest BCUT2D eigenvalue weighted by Gasteiger charge is 2.48. The molecule has 8 heteroatoms. The Morgan fingerprint density at radius 2 is 1.84 bits per heavy atom. The minimum atomic E-state index is -0.821. The van der Waals surface area contributed by atoms with Crippen LogP contribution in [0.4, 0.5) is 10.1 Å². The van der Waals surface area contributed by atoms with E-state index in [0.29, 0.717) is 21.8 Å². The fraction of sp³-hybridized carbons (Fsp3) is 0.118. The van der Waals surface area contributed by atoms with Crippen molar-refractivity contribution >= 4 is 46.4 Å². The van der Waals surface area contributed by atoms with Crippen molar-refractivity contribution in [1.82, 2.24) is 5.01 Å². The lowest BCUT2D eigenvalue weighted by Crippen LogP contribution is -2.53. The van der Waals surface area contributed by atoms with Crippen LogP contribution in [-0.4, -0.2) is 27.9 Å². The Morgan fingerprint density at radius 1 is 1.12 bits per heavy atom.